The topological polar surface area (TPSA) is 73.6 Å². The molecule has 3 aromatic rings. The molecule has 7 heteroatoms. The number of ether oxygens (including phenoxy) is 1. The van der Waals surface area contributed by atoms with E-state index in [1.807, 2.05) is 0 Å². The van der Waals surface area contributed by atoms with Crippen molar-refractivity contribution in [3.8, 4) is 5.75 Å². The summed E-state index contributed by atoms with van der Waals surface area (Å²) in [5, 5.41) is 0.449. The molecule has 118 valence electrons. The molecule has 3 rings (SSSR count). The van der Waals surface area contributed by atoms with Gasteiger partial charge in [-0.2, -0.15) is 0 Å². The average Bonchev–Trinajstić information content (AvgIpc) is 2.54. The van der Waals surface area contributed by atoms with Gasteiger partial charge in [0.15, 0.2) is 16.2 Å². The number of hydrogen-bond donors (Lipinski definition) is 0. The number of benzene rings is 2. The lowest BCUT2D eigenvalue weighted by molar-refractivity contribution is 0.405. The molecule has 0 radical (unpaired) electrons. The summed E-state index contributed by atoms with van der Waals surface area (Å²) in [6, 6.07) is 12.3. The maximum atomic E-state index is 12.6. The zero-order chi connectivity index (χ0) is 16.6. The molecular formula is C16H11BrO5S. The lowest BCUT2D eigenvalue weighted by Crippen LogP contribution is -2.14. The van der Waals surface area contributed by atoms with E-state index in [9.17, 15) is 13.2 Å². The minimum Gasteiger partial charge on any atom is -0.493 e. The molecule has 1 aromatic heterocycles. The van der Waals surface area contributed by atoms with Crippen molar-refractivity contribution >= 4 is 36.7 Å². The highest BCUT2D eigenvalue weighted by Gasteiger charge is 2.24. The lowest BCUT2D eigenvalue weighted by Gasteiger charge is -2.07. The first-order valence-corrected chi connectivity index (χ1v) is 8.82. The van der Waals surface area contributed by atoms with Gasteiger partial charge in [-0.15, -0.1) is 0 Å². The van der Waals surface area contributed by atoms with Gasteiger partial charge in [0.2, 0.25) is 9.84 Å². The second-order valence-electron chi connectivity index (χ2n) is 4.74. The van der Waals surface area contributed by atoms with E-state index in [-0.39, 0.29) is 10.5 Å². The van der Waals surface area contributed by atoms with E-state index in [1.165, 1.54) is 25.3 Å². The fraction of sp³-hybridized carbons (Fsp3) is 0.0625. The molecular weight excluding hydrogens is 384 g/mol. The Bertz CT molecular complexity index is 1040. The van der Waals surface area contributed by atoms with Crippen LogP contribution in [0.3, 0.4) is 0 Å². The summed E-state index contributed by atoms with van der Waals surface area (Å²) in [5.74, 6) is 0.343. The molecule has 0 amide bonds. The third-order valence-electron chi connectivity index (χ3n) is 3.29. The van der Waals surface area contributed by atoms with Gasteiger partial charge >= 0.3 is 5.63 Å². The van der Waals surface area contributed by atoms with Crippen molar-refractivity contribution in [2.24, 2.45) is 0 Å². The van der Waals surface area contributed by atoms with Crippen LogP contribution in [0.15, 0.2) is 72.0 Å². The van der Waals surface area contributed by atoms with E-state index in [0.717, 1.165) is 0 Å². The second kappa shape index (κ2) is 5.82. The quantitative estimate of drug-likeness (QED) is 0.636. The first kappa shape index (κ1) is 15.8. The summed E-state index contributed by atoms with van der Waals surface area (Å²) in [5.41, 5.74) is -0.727. The molecule has 23 heavy (non-hydrogen) atoms. The summed E-state index contributed by atoms with van der Waals surface area (Å²) in [7, 11) is -2.52. The van der Waals surface area contributed by atoms with E-state index in [2.05, 4.69) is 15.9 Å². The molecule has 0 spiro atoms. The first-order chi connectivity index (χ1) is 10.9. The van der Waals surface area contributed by atoms with Crippen LogP contribution < -0.4 is 10.4 Å². The molecule has 0 aliphatic rings. The highest BCUT2D eigenvalue weighted by atomic mass is 79.9. The van der Waals surface area contributed by atoms with Crippen LogP contribution in [0.25, 0.3) is 11.0 Å². The Kier molecular flexibility index (Phi) is 3.99. The van der Waals surface area contributed by atoms with Crippen LogP contribution in [0.1, 0.15) is 0 Å². The zero-order valence-electron chi connectivity index (χ0n) is 11.9. The van der Waals surface area contributed by atoms with Gasteiger partial charge in [0.25, 0.3) is 0 Å². The van der Waals surface area contributed by atoms with Gasteiger partial charge in [-0.05, 0) is 30.3 Å². The number of methoxy groups -OCH3 is 1. The van der Waals surface area contributed by atoms with Crippen molar-refractivity contribution in [2.75, 3.05) is 7.11 Å². The van der Waals surface area contributed by atoms with Gasteiger partial charge in [0, 0.05) is 9.86 Å². The third kappa shape index (κ3) is 2.77. The first-order valence-electron chi connectivity index (χ1n) is 6.55. The molecule has 0 N–H and O–H groups in total. The maximum Gasteiger partial charge on any atom is 0.355 e. The smallest absolute Gasteiger partial charge is 0.355 e. The van der Waals surface area contributed by atoms with Crippen LogP contribution in [-0.2, 0) is 9.84 Å². The van der Waals surface area contributed by atoms with Gasteiger partial charge in [0.1, 0.15) is 0 Å². The molecule has 0 fully saturated rings. The minimum absolute atomic E-state index is 0.0358. The number of hydrogen-bond acceptors (Lipinski definition) is 5. The predicted molar refractivity (Wildman–Crippen MR) is 88.6 cm³/mol. The lowest BCUT2D eigenvalue weighted by atomic mass is 10.2. The molecule has 1 heterocycles. The van der Waals surface area contributed by atoms with Gasteiger partial charge in [-0.25, -0.2) is 13.2 Å². The SMILES string of the molecule is COc1cc(Br)cc2cc(S(=O)(=O)c3ccccc3)c(=O)oc12. The van der Waals surface area contributed by atoms with Crippen LogP contribution >= 0.6 is 15.9 Å². The van der Waals surface area contributed by atoms with Crippen LogP contribution in [-0.4, -0.2) is 15.5 Å². The number of rotatable bonds is 3. The number of halogens is 1. The Morgan fingerprint density at radius 3 is 2.43 bits per heavy atom. The maximum absolute atomic E-state index is 12.6. The molecule has 0 aliphatic heterocycles. The highest BCUT2D eigenvalue weighted by Crippen LogP contribution is 2.31. The summed E-state index contributed by atoms with van der Waals surface area (Å²) in [4.78, 5) is 11.8. The van der Waals surface area contributed by atoms with Gasteiger partial charge in [-0.3, -0.25) is 0 Å². The van der Waals surface area contributed by atoms with Gasteiger partial charge < -0.3 is 9.15 Å². The molecule has 2 aromatic carbocycles. The Balaban J connectivity index is 2.32. The summed E-state index contributed by atoms with van der Waals surface area (Å²) in [6.07, 6.45) is 0. The standard InChI is InChI=1S/C16H11BrO5S/c1-21-13-9-11(17)7-10-8-14(16(18)22-15(10)13)23(19,20)12-5-3-2-4-6-12/h2-9H,1H3. The monoisotopic (exact) mass is 394 g/mol. The molecule has 5 nitrogen and oxygen atoms in total. The average molecular weight is 395 g/mol. The second-order valence-corrected chi connectivity index (χ2v) is 7.57. The van der Waals surface area contributed by atoms with E-state index in [4.69, 9.17) is 9.15 Å². The van der Waals surface area contributed by atoms with Crippen molar-refractivity contribution in [3.05, 3.63) is 63.4 Å². The van der Waals surface area contributed by atoms with Crippen molar-refractivity contribution < 1.29 is 17.6 Å². The van der Waals surface area contributed by atoms with Crippen LogP contribution in [0.2, 0.25) is 0 Å². The molecule has 0 aliphatic carbocycles. The van der Waals surface area contributed by atoms with Crippen LogP contribution in [0, 0.1) is 0 Å². The molecule has 0 saturated heterocycles. The predicted octanol–water partition coefficient (Wildman–Crippen LogP) is 3.40. The molecule has 0 atom stereocenters. The third-order valence-corrected chi connectivity index (χ3v) is 5.51. The van der Waals surface area contributed by atoms with E-state index in [0.29, 0.717) is 15.6 Å². The van der Waals surface area contributed by atoms with Crippen molar-refractivity contribution in [1.29, 1.82) is 0 Å². The Morgan fingerprint density at radius 2 is 1.78 bits per heavy atom. The van der Waals surface area contributed by atoms with E-state index in [1.54, 1.807) is 30.3 Å². The normalized spacial score (nSPS) is 11.6. The minimum atomic E-state index is -3.96. The fourth-order valence-electron chi connectivity index (χ4n) is 2.21. The Labute approximate surface area is 140 Å². The van der Waals surface area contributed by atoms with Crippen LogP contribution in [0.5, 0.6) is 5.75 Å². The van der Waals surface area contributed by atoms with Gasteiger partial charge in [0.05, 0.1) is 12.0 Å². The van der Waals surface area contributed by atoms with Gasteiger partial charge in [-0.1, -0.05) is 34.1 Å². The van der Waals surface area contributed by atoms with E-state index >= 15 is 0 Å². The Morgan fingerprint density at radius 1 is 1.09 bits per heavy atom. The van der Waals surface area contributed by atoms with Crippen LogP contribution in [0.4, 0.5) is 0 Å². The zero-order valence-corrected chi connectivity index (χ0v) is 14.3. The molecule has 0 bridgehead atoms. The number of fused-ring (bicyclic) bond motifs is 1. The summed E-state index contributed by atoms with van der Waals surface area (Å²) in [6.45, 7) is 0. The van der Waals surface area contributed by atoms with Crippen molar-refractivity contribution in [1.82, 2.24) is 0 Å². The molecule has 0 unspecified atom stereocenters. The summed E-state index contributed by atoms with van der Waals surface area (Å²) < 4.78 is 36.3. The van der Waals surface area contributed by atoms with Crippen molar-refractivity contribution in [2.45, 2.75) is 9.79 Å². The number of sulfone groups is 1. The Hall–Kier alpha value is -2.12. The fourth-order valence-corrected chi connectivity index (χ4v) is 3.98. The van der Waals surface area contributed by atoms with E-state index < -0.39 is 20.4 Å². The van der Waals surface area contributed by atoms with Crippen molar-refractivity contribution in [3.63, 3.8) is 0 Å². The largest absolute Gasteiger partial charge is 0.493 e. The molecule has 0 saturated carbocycles. The highest BCUT2D eigenvalue weighted by molar-refractivity contribution is 9.10. The summed E-state index contributed by atoms with van der Waals surface area (Å²) >= 11 is 3.31.